The van der Waals surface area contributed by atoms with Crippen molar-refractivity contribution < 1.29 is 0 Å². The molecular weight excluding hydrogens is 246 g/mol. The molecule has 1 nitrogen and oxygen atoms in total. The minimum atomic E-state index is 0.732. The van der Waals surface area contributed by atoms with E-state index in [2.05, 4.69) is 22.0 Å². The van der Waals surface area contributed by atoms with E-state index in [0.29, 0.717) is 0 Å². The van der Waals surface area contributed by atoms with E-state index < -0.39 is 0 Å². The van der Waals surface area contributed by atoms with E-state index in [4.69, 9.17) is 5.26 Å². The molecule has 64 valence electrons. The molecule has 0 spiro atoms. The molecule has 13 heavy (non-hydrogen) atoms. The van der Waals surface area contributed by atoms with Gasteiger partial charge in [0.1, 0.15) is 0 Å². The highest BCUT2D eigenvalue weighted by atomic mass is 79.9. The first-order valence-corrected chi connectivity index (χ1v) is 5.41. The second kappa shape index (κ2) is 3.13. The molecule has 0 atom stereocenters. The smallest absolute Gasteiger partial charge is 0.0991 e. The number of nitrogens with zero attached hydrogens (tertiary/aromatic N) is 1. The number of thiophene rings is 1. The molecule has 0 radical (unpaired) electrons. The summed E-state index contributed by atoms with van der Waals surface area (Å²) < 4.78 is 2.37. The lowest BCUT2D eigenvalue weighted by Crippen LogP contribution is -1.76. The van der Waals surface area contributed by atoms with Gasteiger partial charge in [0, 0.05) is 4.70 Å². The van der Waals surface area contributed by atoms with Crippen molar-refractivity contribution in [1.82, 2.24) is 0 Å². The fourth-order valence-corrected chi connectivity index (χ4v) is 2.93. The number of hydrogen-bond acceptors (Lipinski definition) is 2. The number of fused-ring (bicyclic) bond motifs is 1. The Hall–Kier alpha value is -0.850. The normalized spacial score (nSPS) is 10.2. The van der Waals surface area contributed by atoms with E-state index >= 15 is 0 Å². The summed E-state index contributed by atoms with van der Waals surface area (Å²) in [4.78, 5) is 0. The summed E-state index contributed by atoms with van der Waals surface area (Å²) in [7, 11) is 0. The van der Waals surface area contributed by atoms with Crippen molar-refractivity contribution in [3.05, 3.63) is 33.1 Å². The average Bonchev–Trinajstić information content (AvgIpc) is 2.46. The van der Waals surface area contributed by atoms with Crippen molar-refractivity contribution in [2.24, 2.45) is 0 Å². The molecular formula is C10H6BrNS. The summed E-state index contributed by atoms with van der Waals surface area (Å²) >= 11 is 5.15. The van der Waals surface area contributed by atoms with Crippen molar-refractivity contribution in [2.45, 2.75) is 6.92 Å². The predicted molar refractivity (Wildman–Crippen MR) is 59.0 cm³/mol. The average molecular weight is 252 g/mol. The molecule has 0 saturated carbocycles. The fourth-order valence-electron chi connectivity index (χ4n) is 1.36. The van der Waals surface area contributed by atoms with Crippen LogP contribution in [0.2, 0.25) is 0 Å². The van der Waals surface area contributed by atoms with E-state index in [1.54, 1.807) is 11.3 Å². The Kier molecular flexibility index (Phi) is 2.10. The molecule has 0 saturated heterocycles. The van der Waals surface area contributed by atoms with Gasteiger partial charge in [-0.3, -0.25) is 0 Å². The number of nitriles is 1. The highest BCUT2D eigenvalue weighted by molar-refractivity contribution is 9.11. The number of aryl methyl sites for hydroxylation is 1. The first-order valence-electron chi connectivity index (χ1n) is 3.80. The summed E-state index contributed by atoms with van der Waals surface area (Å²) in [6, 6.07) is 8.05. The summed E-state index contributed by atoms with van der Waals surface area (Å²) in [5.41, 5.74) is 1.90. The van der Waals surface area contributed by atoms with Crippen molar-refractivity contribution >= 4 is 37.4 Å². The van der Waals surface area contributed by atoms with Crippen LogP contribution in [0.3, 0.4) is 0 Å². The van der Waals surface area contributed by atoms with E-state index in [9.17, 15) is 0 Å². The second-order valence-electron chi connectivity index (χ2n) is 2.87. The summed E-state index contributed by atoms with van der Waals surface area (Å²) in [6.07, 6.45) is 0. The van der Waals surface area contributed by atoms with Crippen LogP contribution in [0.15, 0.2) is 22.0 Å². The molecule has 0 amide bonds. The summed E-state index contributed by atoms with van der Waals surface area (Å²) in [5, 5.41) is 9.92. The molecule has 0 fully saturated rings. The number of benzene rings is 1. The van der Waals surface area contributed by atoms with Gasteiger partial charge in [0.05, 0.1) is 15.4 Å². The van der Waals surface area contributed by atoms with E-state index in [-0.39, 0.29) is 0 Å². The van der Waals surface area contributed by atoms with E-state index in [0.717, 1.165) is 14.7 Å². The zero-order valence-corrected chi connectivity index (χ0v) is 9.37. The first-order chi connectivity index (χ1) is 6.20. The Bertz CT molecular complexity index is 507. The Balaban J connectivity index is 2.85. The third-order valence-electron chi connectivity index (χ3n) is 1.90. The lowest BCUT2D eigenvalue weighted by molar-refractivity contribution is 1.47. The van der Waals surface area contributed by atoms with Crippen molar-refractivity contribution in [3.8, 4) is 6.07 Å². The van der Waals surface area contributed by atoms with Crippen molar-refractivity contribution in [3.63, 3.8) is 0 Å². The zero-order valence-electron chi connectivity index (χ0n) is 6.97. The molecule has 0 aliphatic rings. The van der Waals surface area contributed by atoms with Crippen LogP contribution in [0.5, 0.6) is 0 Å². The second-order valence-corrected chi connectivity index (χ2v) is 5.31. The third kappa shape index (κ3) is 1.48. The largest absolute Gasteiger partial charge is 0.192 e. The number of rotatable bonds is 0. The van der Waals surface area contributed by atoms with Crippen LogP contribution in [0.1, 0.15) is 11.1 Å². The highest BCUT2D eigenvalue weighted by Gasteiger charge is 2.04. The van der Waals surface area contributed by atoms with Crippen LogP contribution in [0.25, 0.3) is 10.1 Å². The van der Waals surface area contributed by atoms with E-state index in [1.807, 2.05) is 25.1 Å². The summed E-state index contributed by atoms with van der Waals surface area (Å²) in [5.74, 6) is 0. The molecule has 0 N–H and O–H groups in total. The van der Waals surface area contributed by atoms with Gasteiger partial charge in [-0.15, -0.1) is 11.3 Å². The topological polar surface area (TPSA) is 23.8 Å². The van der Waals surface area contributed by atoms with Crippen LogP contribution in [-0.2, 0) is 0 Å². The minimum absolute atomic E-state index is 0.732. The predicted octanol–water partition coefficient (Wildman–Crippen LogP) is 3.84. The Morgan fingerprint density at radius 1 is 1.38 bits per heavy atom. The molecule has 0 bridgehead atoms. The van der Waals surface area contributed by atoms with Crippen LogP contribution in [0, 0.1) is 18.3 Å². The maximum Gasteiger partial charge on any atom is 0.0991 e. The van der Waals surface area contributed by atoms with Crippen LogP contribution >= 0.6 is 27.3 Å². The van der Waals surface area contributed by atoms with Gasteiger partial charge in [-0.05, 0) is 52.0 Å². The van der Waals surface area contributed by atoms with Crippen molar-refractivity contribution in [2.75, 3.05) is 0 Å². The van der Waals surface area contributed by atoms with Gasteiger partial charge in [0.2, 0.25) is 0 Å². The zero-order chi connectivity index (χ0) is 9.42. The Morgan fingerprint density at radius 2 is 2.15 bits per heavy atom. The van der Waals surface area contributed by atoms with Gasteiger partial charge >= 0.3 is 0 Å². The van der Waals surface area contributed by atoms with Gasteiger partial charge in [0.15, 0.2) is 0 Å². The lowest BCUT2D eigenvalue weighted by atomic mass is 10.1. The Morgan fingerprint density at radius 3 is 2.85 bits per heavy atom. The van der Waals surface area contributed by atoms with Gasteiger partial charge in [-0.25, -0.2) is 0 Å². The minimum Gasteiger partial charge on any atom is -0.192 e. The lowest BCUT2D eigenvalue weighted by Gasteiger charge is -1.95. The van der Waals surface area contributed by atoms with Crippen LogP contribution in [0.4, 0.5) is 0 Å². The molecule has 2 rings (SSSR count). The molecule has 1 aromatic heterocycles. The third-order valence-corrected chi connectivity index (χ3v) is 3.69. The van der Waals surface area contributed by atoms with Crippen LogP contribution < -0.4 is 0 Å². The molecule has 0 unspecified atom stereocenters. The maximum absolute atomic E-state index is 8.77. The fraction of sp³-hybridized carbons (Fsp3) is 0.100. The maximum atomic E-state index is 8.77. The van der Waals surface area contributed by atoms with Gasteiger partial charge in [0.25, 0.3) is 0 Å². The number of hydrogen-bond donors (Lipinski definition) is 0. The van der Waals surface area contributed by atoms with Gasteiger partial charge < -0.3 is 0 Å². The molecule has 3 heteroatoms. The quantitative estimate of drug-likeness (QED) is 0.698. The molecule has 0 aliphatic carbocycles. The molecule has 1 heterocycles. The number of halogens is 1. The first kappa shape index (κ1) is 8.74. The molecule has 0 aliphatic heterocycles. The standard InChI is InChI=1S/C10H6BrNS/c1-6-2-7(5-12)3-8-4-9(11)13-10(6)8/h2-4H,1H3. The van der Waals surface area contributed by atoms with Crippen LogP contribution in [-0.4, -0.2) is 0 Å². The summed E-state index contributed by atoms with van der Waals surface area (Å²) in [6.45, 7) is 2.03. The van der Waals surface area contributed by atoms with E-state index in [1.165, 1.54) is 10.3 Å². The SMILES string of the molecule is Cc1cc(C#N)cc2cc(Br)sc12. The van der Waals surface area contributed by atoms with Crippen molar-refractivity contribution in [1.29, 1.82) is 5.26 Å². The highest BCUT2D eigenvalue weighted by Crippen LogP contribution is 2.32. The molecule has 1 aromatic carbocycles. The van der Waals surface area contributed by atoms with Gasteiger partial charge in [-0.2, -0.15) is 5.26 Å². The van der Waals surface area contributed by atoms with Gasteiger partial charge in [-0.1, -0.05) is 0 Å². The monoisotopic (exact) mass is 251 g/mol. The Labute approximate surface area is 88.7 Å². The molecule has 2 aromatic rings.